The lowest BCUT2D eigenvalue weighted by Gasteiger charge is -2.26. The van der Waals surface area contributed by atoms with Gasteiger partial charge in [0.1, 0.15) is 5.75 Å². The number of rotatable bonds is 3. The van der Waals surface area contributed by atoms with Crippen LogP contribution >= 0.6 is 0 Å². The summed E-state index contributed by atoms with van der Waals surface area (Å²) in [6.45, 7) is 0. The van der Waals surface area contributed by atoms with E-state index in [4.69, 9.17) is 0 Å². The van der Waals surface area contributed by atoms with Crippen molar-refractivity contribution >= 4 is 5.91 Å². The highest BCUT2D eigenvalue weighted by Crippen LogP contribution is 2.23. The van der Waals surface area contributed by atoms with Crippen LogP contribution in [-0.2, 0) is 0 Å². The van der Waals surface area contributed by atoms with Crippen molar-refractivity contribution in [3.05, 3.63) is 54.1 Å². The molecular formula is C21H25NO3. The molecule has 0 saturated heterocycles. The normalized spacial score (nSPS) is 21.2. The molecule has 2 aromatic carbocycles. The molecule has 132 valence electrons. The molecular weight excluding hydrogens is 314 g/mol. The summed E-state index contributed by atoms with van der Waals surface area (Å²) in [5, 5.41) is 22.7. The third kappa shape index (κ3) is 4.60. The molecule has 4 nitrogen and oxygen atoms in total. The number of aromatic hydroxyl groups is 1. The lowest BCUT2D eigenvalue weighted by atomic mass is 9.94. The van der Waals surface area contributed by atoms with Crippen LogP contribution in [0.2, 0.25) is 0 Å². The molecule has 0 spiro atoms. The van der Waals surface area contributed by atoms with Gasteiger partial charge in [0.15, 0.2) is 0 Å². The predicted octanol–water partition coefficient (Wildman–Crippen LogP) is 3.87. The monoisotopic (exact) mass is 339 g/mol. The number of hydrogen-bond acceptors (Lipinski definition) is 3. The quantitative estimate of drug-likeness (QED) is 0.795. The maximum atomic E-state index is 12.6. The van der Waals surface area contributed by atoms with Crippen molar-refractivity contribution in [1.29, 1.82) is 0 Å². The molecule has 3 rings (SSSR count). The van der Waals surface area contributed by atoms with E-state index in [2.05, 4.69) is 5.32 Å². The Morgan fingerprint density at radius 1 is 0.920 bits per heavy atom. The minimum absolute atomic E-state index is 0.148. The van der Waals surface area contributed by atoms with Crippen molar-refractivity contribution in [3.63, 3.8) is 0 Å². The Morgan fingerprint density at radius 2 is 1.64 bits per heavy atom. The molecule has 0 heterocycles. The van der Waals surface area contributed by atoms with E-state index < -0.39 is 6.10 Å². The molecule has 2 atom stereocenters. The number of carbonyl (C=O) groups excluding carboxylic acids is 1. The number of nitrogens with one attached hydrogen (secondary N) is 1. The number of phenols is 1. The highest BCUT2D eigenvalue weighted by Gasteiger charge is 2.22. The van der Waals surface area contributed by atoms with Crippen LogP contribution in [0, 0.1) is 0 Å². The second-order valence-electron chi connectivity index (χ2n) is 6.77. The van der Waals surface area contributed by atoms with Gasteiger partial charge >= 0.3 is 0 Å². The fourth-order valence-corrected chi connectivity index (χ4v) is 3.38. The molecule has 3 N–H and O–H groups in total. The van der Waals surface area contributed by atoms with Gasteiger partial charge in [-0.3, -0.25) is 4.79 Å². The van der Waals surface area contributed by atoms with Crippen LogP contribution in [0.3, 0.4) is 0 Å². The van der Waals surface area contributed by atoms with Crippen LogP contribution < -0.4 is 5.32 Å². The maximum Gasteiger partial charge on any atom is 0.251 e. The van der Waals surface area contributed by atoms with Gasteiger partial charge in [-0.2, -0.15) is 0 Å². The maximum absolute atomic E-state index is 12.6. The summed E-state index contributed by atoms with van der Waals surface area (Å²) < 4.78 is 0. The number of amides is 1. The average molecular weight is 339 g/mol. The highest BCUT2D eigenvalue weighted by molar-refractivity contribution is 5.95. The minimum atomic E-state index is -0.468. The average Bonchev–Trinajstić information content (AvgIpc) is 2.62. The first-order valence-corrected chi connectivity index (χ1v) is 9.02. The second kappa shape index (κ2) is 8.17. The Kier molecular flexibility index (Phi) is 5.71. The molecule has 4 heteroatoms. The molecule has 0 aliphatic heterocycles. The summed E-state index contributed by atoms with van der Waals surface area (Å²) in [4.78, 5) is 12.6. The first-order chi connectivity index (χ1) is 12.1. The van der Waals surface area contributed by atoms with Crippen molar-refractivity contribution in [3.8, 4) is 16.9 Å². The summed E-state index contributed by atoms with van der Waals surface area (Å²) in [6, 6.07) is 14.2. The van der Waals surface area contributed by atoms with E-state index in [1.807, 2.05) is 30.3 Å². The minimum Gasteiger partial charge on any atom is -0.508 e. The van der Waals surface area contributed by atoms with E-state index in [1.54, 1.807) is 18.2 Å². The zero-order chi connectivity index (χ0) is 17.6. The number of phenolic OH excluding ortho intramolecular Hbond substituents is 1. The van der Waals surface area contributed by atoms with Gasteiger partial charge in [-0.05, 0) is 48.2 Å². The Hall–Kier alpha value is -2.33. The van der Waals surface area contributed by atoms with Crippen molar-refractivity contribution in [2.45, 2.75) is 50.7 Å². The topological polar surface area (TPSA) is 69.6 Å². The third-order valence-electron chi connectivity index (χ3n) is 4.87. The van der Waals surface area contributed by atoms with Gasteiger partial charge in [-0.1, -0.05) is 49.9 Å². The molecule has 1 fully saturated rings. The summed E-state index contributed by atoms with van der Waals surface area (Å²) in [6.07, 6.45) is 5.48. The van der Waals surface area contributed by atoms with Crippen molar-refractivity contribution in [1.82, 2.24) is 5.32 Å². The van der Waals surface area contributed by atoms with E-state index >= 15 is 0 Å². The van der Waals surface area contributed by atoms with Crippen molar-refractivity contribution < 1.29 is 15.0 Å². The van der Waals surface area contributed by atoms with E-state index in [0.717, 1.165) is 49.7 Å². The van der Waals surface area contributed by atoms with Crippen molar-refractivity contribution in [2.24, 2.45) is 0 Å². The SMILES string of the molecule is O=C(N[C@H]1CCCCCC[C@@H]1O)c1cccc(-c2ccc(O)cc2)c1. The smallest absolute Gasteiger partial charge is 0.251 e. The Balaban J connectivity index is 1.73. The van der Waals surface area contributed by atoms with Gasteiger partial charge in [0.25, 0.3) is 5.91 Å². The van der Waals surface area contributed by atoms with Crippen LogP contribution in [0.25, 0.3) is 11.1 Å². The number of aliphatic hydroxyl groups is 1. The number of carbonyl (C=O) groups is 1. The van der Waals surface area contributed by atoms with Gasteiger partial charge in [0.05, 0.1) is 12.1 Å². The largest absolute Gasteiger partial charge is 0.508 e. The number of benzene rings is 2. The standard InChI is InChI=1S/C21H25NO3/c23-18-12-10-15(11-13-18)16-6-5-7-17(14-16)21(25)22-19-8-3-1-2-4-9-20(19)24/h5-7,10-14,19-20,23-24H,1-4,8-9H2,(H,22,25)/t19-,20-/m0/s1. The zero-order valence-electron chi connectivity index (χ0n) is 14.3. The summed E-state index contributed by atoms with van der Waals surface area (Å²) in [5.41, 5.74) is 2.45. The predicted molar refractivity (Wildman–Crippen MR) is 98.5 cm³/mol. The van der Waals surface area contributed by atoms with Crippen LogP contribution in [0.15, 0.2) is 48.5 Å². The van der Waals surface area contributed by atoms with Gasteiger partial charge in [-0.15, -0.1) is 0 Å². The molecule has 2 aromatic rings. The lowest BCUT2D eigenvalue weighted by molar-refractivity contribution is 0.0771. The highest BCUT2D eigenvalue weighted by atomic mass is 16.3. The molecule has 0 bridgehead atoms. The van der Waals surface area contributed by atoms with Gasteiger partial charge in [-0.25, -0.2) is 0 Å². The Labute approximate surface area is 148 Å². The number of hydrogen-bond donors (Lipinski definition) is 3. The second-order valence-corrected chi connectivity index (χ2v) is 6.77. The van der Waals surface area contributed by atoms with Crippen LogP contribution in [-0.4, -0.2) is 28.3 Å². The van der Waals surface area contributed by atoms with Crippen LogP contribution in [0.4, 0.5) is 0 Å². The first-order valence-electron chi connectivity index (χ1n) is 9.02. The van der Waals surface area contributed by atoms with Crippen LogP contribution in [0.1, 0.15) is 48.9 Å². The molecule has 25 heavy (non-hydrogen) atoms. The molecule has 0 radical (unpaired) electrons. The zero-order valence-corrected chi connectivity index (χ0v) is 14.3. The molecule has 0 unspecified atom stereocenters. The Bertz CT molecular complexity index is 711. The van der Waals surface area contributed by atoms with E-state index in [9.17, 15) is 15.0 Å². The molecule has 1 amide bonds. The molecule has 1 aliphatic rings. The molecule has 0 aromatic heterocycles. The summed E-state index contributed by atoms with van der Waals surface area (Å²) in [7, 11) is 0. The first kappa shape index (κ1) is 17.5. The summed E-state index contributed by atoms with van der Waals surface area (Å²) >= 11 is 0. The van der Waals surface area contributed by atoms with Crippen molar-refractivity contribution in [2.75, 3.05) is 0 Å². The summed E-state index contributed by atoms with van der Waals surface area (Å²) in [5.74, 6) is 0.0705. The van der Waals surface area contributed by atoms with E-state index in [1.165, 1.54) is 0 Å². The molecule has 1 aliphatic carbocycles. The third-order valence-corrected chi connectivity index (χ3v) is 4.87. The van der Waals surface area contributed by atoms with E-state index in [0.29, 0.717) is 5.56 Å². The van der Waals surface area contributed by atoms with Crippen LogP contribution in [0.5, 0.6) is 5.75 Å². The molecule has 1 saturated carbocycles. The van der Waals surface area contributed by atoms with Gasteiger partial charge in [0, 0.05) is 5.56 Å². The fraction of sp³-hybridized carbons (Fsp3) is 0.381. The van der Waals surface area contributed by atoms with Gasteiger partial charge < -0.3 is 15.5 Å². The van der Waals surface area contributed by atoms with Gasteiger partial charge in [0.2, 0.25) is 0 Å². The number of aliphatic hydroxyl groups excluding tert-OH is 1. The lowest BCUT2D eigenvalue weighted by Crippen LogP contribution is -2.43. The fourth-order valence-electron chi connectivity index (χ4n) is 3.38. The Morgan fingerprint density at radius 3 is 2.40 bits per heavy atom. The van der Waals surface area contributed by atoms with E-state index in [-0.39, 0.29) is 17.7 Å².